The summed E-state index contributed by atoms with van der Waals surface area (Å²) in [5, 5.41) is 10.4. The van der Waals surface area contributed by atoms with Crippen LogP contribution in [0.3, 0.4) is 0 Å². The van der Waals surface area contributed by atoms with E-state index in [1.54, 1.807) is 0 Å². The molecule has 1 aromatic rings. The minimum atomic E-state index is -0.541. The smallest absolute Gasteiger partial charge is 0.273 e. The minimum Gasteiger partial charge on any atom is -0.379 e. The molecule has 0 unspecified atom stereocenters. The van der Waals surface area contributed by atoms with E-state index in [1.165, 1.54) is 31.2 Å². The summed E-state index contributed by atoms with van der Waals surface area (Å²) in [7, 11) is 0. The van der Waals surface area contributed by atoms with Gasteiger partial charge in [-0.3, -0.25) is 14.9 Å². The molecule has 14 heavy (non-hydrogen) atoms. The van der Waals surface area contributed by atoms with E-state index >= 15 is 0 Å². The zero-order valence-electron chi connectivity index (χ0n) is 7.39. The quantitative estimate of drug-likeness (QED) is 0.578. The van der Waals surface area contributed by atoms with Gasteiger partial charge in [-0.2, -0.15) is 5.48 Å². The van der Waals surface area contributed by atoms with Gasteiger partial charge >= 0.3 is 0 Å². The molecular weight excluding hydrogens is 188 g/mol. The lowest BCUT2D eigenvalue weighted by molar-refractivity contribution is -0.385. The molecule has 0 saturated heterocycles. The van der Waals surface area contributed by atoms with Crippen molar-refractivity contribution in [3.63, 3.8) is 0 Å². The first kappa shape index (κ1) is 9.97. The number of non-ortho nitro benzene ring substituents is 1. The maximum atomic E-state index is 10.5. The van der Waals surface area contributed by atoms with E-state index in [9.17, 15) is 14.9 Å². The Bertz CT molecular complexity index is 364. The summed E-state index contributed by atoms with van der Waals surface area (Å²) < 4.78 is 0. The Labute approximate surface area is 79.6 Å². The van der Waals surface area contributed by atoms with Crippen LogP contribution in [0.1, 0.15) is 6.92 Å². The second kappa shape index (κ2) is 4.22. The Balaban J connectivity index is 2.73. The van der Waals surface area contributed by atoms with Crippen molar-refractivity contribution in [2.75, 3.05) is 0 Å². The van der Waals surface area contributed by atoms with Crippen LogP contribution in [-0.4, -0.2) is 10.8 Å². The average Bonchev–Trinajstić information content (AvgIpc) is 2.15. The number of benzene rings is 1. The van der Waals surface area contributed by atoms with Crippen molar-refractivity contribution < 1.29 is 14.6 Å². The van der Waals surface area contributed by atoms with Gasteiger partial charge in [-0.15, -0.1) is 0 Å². The van der Waals surface area contributed by atoms with Crippen molar-refractivity contribution in [3.8, 4) is 5.75 Å². The van der Waals surface area contributed by atoms with Gasteiger partial charge in [0, 0.05) is 13.0 Å². The summed E-state index contributed by atoms with van der Waals surface area (Å²) in [5.74, 6) is -0.161. The van der Waals surface area contributed by atoms with Crippen molar-refractivity contribution >= 4 is 11.6 Å². The van der Waals surface area contributed by atoms with Crippen molar-refractivity contribution in [3.05, 3.63) is 34.4 Å². The number of amides is 1. The number of rotatable bonds is 3. The summed E-state index contributed by atoms with van der Waals surface area (Å²) in [6.07, 6.45) is 0. The van der Waals surface area contributed by atoms with Gasteiger partial charge in [-0.05, 0) is 6.07 Å². The lowest BCUT2D eigenvalue weighted by atomic mass is 10.3. The summed E-state index contributed by atoms with van der Waals surface area (Å²) in [6, 6.07) is 5.52. The maximum absolute atomic E-state index is 10.5. The molecule has 0 aromatic heterocycles. The van der Waals surface area contributed by atoms with E-state index in [0.717, 1.165) is 0 Å². The highest BCUT2D eigenvalue weighted by molar-refractivity contribution is 5.71. The van der Waals surface area contributed by atoms with Crippen LogP contribution in [0.4, 0.5) is 5.69 Å². The third kappa shape index (κ3) is 2.74. The molecule has 0 aliphatic carbocycles. The number of carbonyl (C=O) groups is 1. The summed E-state index contributed by atoms with van der Waals surface area (Å²) in [4.78, 5) is 25.0. The first-order chi connectivity index (χ1) is 6.59. The third-order valence-corrected chi connectivity index (χ3v) is 1.34. The van der Waals surface area contributed by atoms with Crippen LogP contribution in [0.25, 0.3) is 0 Å². The summed E-state index contributed by atoms with van der Waals surface area (Å²) in [5.41, 5.74) is 1.98. The standard InChI is InChI=1S/C8H8N2O4/c1-6(11)9-14-8-4-2-3-7(5-8)10(12)13/h2-5H,1H3,(H,9,11). The number of nitrogens with one attached hydrogen (secondary N) is 1. The van der Waals surface area contributed by atoms with Crippen LogP contribution >= 0.6 is 0 Å². The highest BCUT2D eigenvalue weighted by Gasteiger charge is 2.06. The van der Waals surface area contributed by atoms with Gasteiger partial charge in [0.1, 0.15) is 0 Å². The lowest BCUT2D eigenvalue weighted by Crippen LogP contribution is -2.23. The Kier molecular flexibility index (Phi) is 3.01. The second-order valence-corrected chi connectivity index (χ2v) is 2.51. The van der Waals surface area contributed by atoms with Crippen LogP contribution in [0.2, 0.25) is 0 Å². The van der Waals surface area contributed by atoms with Gasteiger partial charge in [-0.25, -0.2) is 0 Å². The molecule has 0 fully saturated rings. The molecule has 0 radical (unpaired) electrons. The van der Waals surface area contributed by atoms with Gasteiger partial charge in [-0.1, -0.05) is 6.07 Å². The van der Waals surface area contributed by atoms with E-state index in [0.29, 0.717) is 0 Å². The average molecular weight is 196 g/mol. The number of carbonyl (C=O) groups excluding carboxylic acids is 1. The van der Waals surface area contributed by atoms with Gasteiger partial charge in [0.25, 0.3) is 5.69 Å². The van der Waals surface area contributed by atoms with Gasteiger partial charge < -0.3 is 4.84 Å². The molecule has 0 heterocycles. The molecule has 6 heteroatoms. The normalized spacial score (nSPS) is 9.21. The molecule has 6 nitrogen and oxygen atoms in total. The Morgan fingerprint density at radius 1 is 1.57 bits per heavy atom. The molecule has 0 aliphatic rings. The fourth-order valence-electron chi connectivity index (χ4n) is 0.791. The maximum Gasteiger partial charge on any atom is 0.273 e. The molecule has 0 spiro atoms. The lowest BCUT2D eigenvalue weighted by Gasteiger charge is -2.03. The first-order valence-corrected chi connectivity index (χ1v) is 3.77. The molecular formula is C8H8N2O4. The number of nitro benzene ring substituents is 1. The first-order valence-electron chi connectivity index (χ1n) is 3.77. The highest BCUT2D eigenvalue weighted by Crippen LogP contribution is 2.18. The van der Waals surface area contributed by atoms with Crippen LogP contribution < -0.4 is 10.3 Å². The van der Waals surface area contributed by atoms with Crippen LogP contribution in [0, 0.1) is 10.1 Å². The fourth-order valence-corrected chi connectivity index (χ4v) is 0.791. The highest BCUT2D eigenvalue weighted by atomic mass is 16.7. The third-order valence-electron chi connectivity index (χ3n) is 1.34. The molecule has 0 saturated carbocycles. The number of hydrogen-bond acceptors (Lipinski definition) is 4. The van der Waals surface area contributed by atoms with E-state index in [1.807, 2.05) is 0 Å². The van der Waals surface area contributed by atoms with Crippen LogP contribution in [0.15, 0.2) is 24.3 Å². The molecule has 1 amide bonds. The second-order valence-electron chi connectivity index (χ2n) is 2.51. The molecule has 0 bridgehead atoms. The molecule has 0 atom stereocenters. The van der Waals surface area contributed by atoms with Gasteiger partial charge in [0.15, 0.2) is 5.75 Å². The van der Waals surface area contributed by atoms with E-state index in [-0.39, 0.29) is 17.3 Å². The summed E-state index contributed by atoms with van der Waals surface area (Å²) in [6.45, 7) is 1.28. The zero-order chi connectivity index (χ0) is 10.6. The van der Waals surface area contributed by atoms with Crippen LogP contribution in [-0.2, 0) is 4.79 Å². The number of nitrogens with zero attached hydrogens (tertiary/aromatic N) is 1. The van der Waals surface area contributed by atoms with E-state index < -0.39 is 4.92 Å². The largest absolute Gasteiger partial charge is 0.379 e. The zero-order valence-corrected chi connectivity index (χ0v) is 7.39. The van der Waals surface area contributed by atoms with Crippen molar-refractivity contribution in [2.24, 2.45) is 0 Å². The van der Waals surface area contributed by atoms with Gasteiger partial charge in [0.2, 0.25) is 5.91 Å². The van der Waals surface area contributed by atoms with Crippen molar-refractivity contribution in [1.29, 1.82) is 0 Å². The monoisotopic (exact) mass is 196 g/mol. The topological polar surface area (TPSA) is 81.5 Å². The Morgan fingerprint density at radius 2 is 2.29 bits per heavy atom. The number of hydrogen-bond donors (Lipinski definition) is 1. The molecule has 1 aromatic carbocycles. The van der Waals surface area contributed by atoms with E-state index in [2.05, 4.69) is 5.48 Å². The molecule has 1 rings (SSSR count). The molecule has 1 N–H and O–H groups in total. The van der Waals surface area contributed by atoms with Crippen molar-refractivity contribution in [2.45, 2.75) is 6.92 Å². The fraction of sp³-hybridized carbons (Fsp3) is 0.125. The van der Waals surface area contributed by atoms with E-state index in [4.69, 9.17) is 4.84 Å². The van der Waals surface area contributed by atoms with Crippen LogP contribution in [0.5, 0.6) is 5.75 Å². The van der Waals surface area contributed by atoms with Gasteiger partial charge in [0.05, 0.1) is 11.0 Å². The minimum absolute atomic E-state index is 0.0900. The molecule has 74 valence electrons. The predicted molar refractivity (Wildman–Crippen MR) is 47.5 cm³/mol. The summed E-state index contributed by atoms with van der Waals surface area (Å²) >= 11 is 0. The number of hydroxylamine groups is 1. The Hall–Kier alpha value is -2.11. The number of nitro groups is 1. The SMILES string of the molecule is CC(=O)NOc1cccc([N+](=O)[O-])c1. The Morgan fingerprint density at radius 3 is 2.86 bits per heavy atom. The van der Waals surface area contributed by atoms with Crippen molar-refractivity contribution in [1.82, 2.24) is 5.48 Å². The molecule has 0 aliphatic heterocycles. The predicted octanol–water partition coefficient (Wildman–Crippen LogP) is 1.02.